The van der Waals surface area contributed by atoms with Crippen molar-refractivity contribution in [3.63, 3.8) is 0 Å². The second-order valence-corrected chi connectivity index (χ2v) is 6.58. The monoisotopic (exact) mass is 328 g/mol. The first kappa shape index (κ1) is 16.7. The minimum absolute atomic E-state index is 0.0770. The molecule has 0 spiro atoms. The third-order valence-electron chi connectivity index (χ3n) is 4.70. The maximum absolute atomic E-state index is 12.6. The van der Waals surface area contributed by atoms with E-state index in [1.165, 1.54) is 0 Å². The van der Waals surface area contributed by atoms with E-state index in [4.69, 9.17) is 5.73 Å². The molecule has 4 N–H and O–H groups in total. The number of nitrogens with zero attached hydrogens (tertiary/aromatic N) is 2. The van der Waals surface area contributed by atoms with E-state index in [2.05, 4.69) is 10.2 Å². The highest BCUT2D eigenvalue weighted by atomic mass is 16.3. The van der Waals surface area contributed by atoms with Gasteiger partial charge in [-0.3, -0.25) is 9.89 Å². The zero-order valence-corrected chi connectivity index (χ0v) is 13.9. The standard InChI is InChI=1S/C18H24N4O2/c1-22(18(24)13-7-8-17(23)15(19)9-13)11-14-10-16(21-20-14)12-5-3-2-4-6-12/h2-6,10,13,15,17,23H,7-9,11,19H2,1H3,(H,20,21)/t13-,15+,17+/m0/s1. The molecule has 0 aliphatic heterocycles. The number of hydrogen-bond donors (Lipinski definition) is 3. The SMILES string of the molecule is CN(Cc1cc(-c2ccccc2)n[nH]1)C(=O)[C@H]1CC[C@@H](O)[C@H](N)C1. The first-order valence-corrected chi connectivity index (χ1v) is 8.33. The van der Waals surface area contributed by atoms with Crippen LogP contribution in [0.2, 0.25) is 0 Å². The van der Waals surface area contributed by atoms with E-state index in [0.29, 0.717) is 25.8 Å². The Hall–Kier alpha value is -2.18. The van der Waals surface area contributed by atoms with Crippen LogP contribution in [0, 0.1) is 5.92 Å². The van der Waals surface area contributed by atoms with Crippen LogP contribution < -0.4 is 5.73 Å². The number of carbonyl (C=O) groups excluding carboxylic acids is 1. The van der Waals surface area contributed by atoms with Crippen LogP contribution in [0.1, 0.15) is 25.0 Å². The molecule has 1 aromatic carbocycles. The molecule has 1 fully saturated rings. The quantitative estimate of drug-likeness (QED) is 0.793. The predicted molar refractivity (Wildman–Crippen MR) is 91.8 cm³/mol. The topological polar surface area (TPSA) is 95.2 Å². The minimum atomic E-state index is -0.486. The van der Waals surface area contributed by atoms with Crippen LogP contribution in [0.15, 0.2) is 36.4 Å². The number of aromatic amines is 1. The van der Waals surface area contributed by atoms with Gasteiger partial charge in [-0.2, -0.15) is 5.10 Å². The Morgan fingerprint density at radius 1 is 1.38 bits per heavy atom. The first-order chi connectivity index (χ1) is 11.5. The summed E-state index contributed by atoms with van der Waals surface area (Å²) >= 11 is 0. The Morgan fingerprint density at radius 2 is 2.12 bits per heavy atom. The molecule has 1 aliphatic rings. The number of aromatic nitrogens is 2. The maximum Gasteiger partial charge on any atom is 0.225 e. The molecule has 1 aromatic heterocycles. The number of nitrogens with two attached hydrogens (primary N) is 1. The molecule has 6 heteroatoms. The van der Waals surface area contributed by atoms with Crippen LogP contribution in [0.5, 0.6) is 0 Å². The molecule has 3 atom stereocenters. The number of rotatable bonds is 4. The predicted octanol–water partition coefficient (Wildman–Crippen LogP) is 1.52. The van der Waals surface area contributed by atoms with Crippen molar-refractivity contribution in [2.75, 3.05) is 7.05 Å². The molecule has 24 heavy (non-hydrogen) atoms. The average Bonchev–Trinajstić information content (AvgIpc) is 3.06. The number of hydrogen-bond acceptors (Lipinski definition) is 4. The number of benzene rings is 1. The lowest BCUT2D eigenvalue weighted by Crippen LogP contribution is -2.45. The molecule has 1 heterocycles. The van der Waals surface area contributed by atoms with Gasteiger partial charge in [-0.1, -0.05) is 30.3 Å². The van der Waals surface area contributed by atoms with Crippen LogP contribution >= 0.6 is 0 Å². The normalized spacial score (nSPS) is 23.9. The Balaban J connectivity index is 1.62. The molecular weight excluding hydrogens is 304 g/mol. The van der Waals surface area contributed by atoms with Crippen molar-refractivity contribution < 1.29 is 9.90 Å². The van der Waals surface area contributed by atoms with E-state index in [0.717, 1.165) is 17.0 Å². The van der Waals surface area contributed by atoms with Gasteiger partial charge in [0.25, 0.3) is 0 Å². The molecule has 128 valence electrons. The molecule has 1 saturated carbocycles. The fourth-order valence-electron chi connectivity index (χ4n) is 3.26. The van der Waals surface area contributed by atoms with Gasteiger partial charge in [-0.25, -0.2) is 0 Å². The van der Waals surface area contributed by atoms with Gasteiger partial charge < -0.3 is 15.7 Å². The van der Waals surface area contributed by atoms with Gasteiger partial charge in [0.15, 0.2) is 0 Å². The second kappa shape index (κ2) is 7.15. The lowest BCUT2D eigenvalue weighted by molar-refractivity contribution is -0.136. The van der Waals surface area contributed by atoms with Gasteiger partial charge in [0.1, 0.15) is 0 Å². The number of carbonyl (C=O) groups is 1. The lowest BCUT2D eigenvalue weighted by Gasteiger charge is -2.32. The molecule has 0 saturated heterocycles. The van der Waals surface area contributed by atoms with Crippen LogP contribution in [0.4, 0.5) is 0 Å². The van der Waals surface area contributed by atoms with Crippen LogP contribution in [0.25, 0.3) is 11.3 Å². The Kier molecular flexibility index (Phi) is 4.97. The molecule has 0 unspecified atom stereocenters. The number of H-pyrrole nitrogens is 1. The first-order valence-electron chi connectivity index (χ1n) is 8.33. The van der Waals surface area contributed by atoms with Crippen molar-refractivity contribution in [2.45, 2.75) is 38.0 Å². The summed E-state index contributed by atoms with van der Waals surface area (Å²) in [5, 5.41) is 17.0. The van der Waals surface area contributed by atoms with Gasteiger partial charge in [0.05, 0.1) is 24.0 Å². The van der Waals surface area contributed by atoms with E-state index < -0.39 is 6.10 Å². The molecule has 2 aromatic rings. The molecule has 0 radical (unpaired) electrons. The van der Waals surface area contributed by atoms with Crippen LogP contribution in [-0.2, 0) is 11.3 Å². The molecule has 6 nitrogen and oxygen atoms in total. The van der Waals surface area contributed by atoms with Crippen molar-refractivity contribution in [3.8, 4) is 11.3 Å². The zero-order valence-electron chi connectivity index (χ0n) is 13.9. The molecule has 1 aliphatic carbocycles. The highest BCUT2D eigenvalue weighted by Gasteiger charge is 2.32. The zero-order chi connectivity index (χ0) is 17.1. The fraction of sp³-hybridized carbons (Fsp3) is 0.444. The number of nitrogens with one attached hydrogen (secondary N) is 1. The van der Waals surface area contributed by atoms with E-state index >= 15 is 0 Å². The summed E-state index contributed by atoms with van der Waals surface area (Å²) < 4.78 is 0. The second-order valence-electron chi connectivity index (χ2n) is 6.58. The summed E-state index contributed by atoms with van der Waals surface area (Å²) in [5.74, 6) is -0.0295. The van der Waals surface area contributed by atoms with E-state index in [1.807, 2.05) is 36.4 Å². The van der Waals surface area contributed by atoms with Gasteiger partial charge in [-0.05, 0) is 25.3 Å². The molecule has 3 rings (SSSR count). The van der Waals surface area contributed by atoms with Crippen LogP contribution in [0.3, 0.4) is 0 Å². The van der Waals surface area contributed by atoms with Crippen molar-refractivity contribution in [3.05, 3.63) is 42.1 Å². The summed E-state index contributed by atoms with van der Waals surface area (Å²) in [4.78, 5) is 14.3. The summed E-state index contributed by atoms with van der Waals surface area (Å²) in [5.41, 5.74) is 8.70. The summed E-state index contributed by atoms with van der Waals surface area (Å²) in [6.07, 6.45) is 1.34. The van der Waals surface area contributed by atoms with Gasteiger partial charge in [0, 0.05) is 24.6 Å². The third kappa shape index (κ3) is 3.66. The molecular formula is C18H24N4O2. The van der Waals surface area contributed by atoms with Gasteiger partial charge in [0.2, 0.25) is 5.91 Å². The minimum Gasteiger partial charge on any atom is -0.392 e. The van der Waals surface area contributed by atoms with Crippen molar-refractivity contribution >= 4 is 5.91 Å². The van der Waals surface area contributed by atoms with Crippen molar-refractivity contribution in [1.29, 1.82) is 0 Å². The average molecular weight is 328 g/mol. The summed E-state index contributed by atoms with van der Waals surface area (Å²) in [6.45, 7) is 0.479. The molecule has 0 bridgehead atoms. The Morgan fingerprint density at radius 3 is 2.83 bits per heavy atom. The van der Waals surface area contributed by atoms with Crippen LogP contribution in [-0.4, -0.2) is 45.3 Å². The smallest absolute Gasteiger partial charge is 0.225 e. The molecule has 1 amide bonds. The number of aliphatic hydroxyl groups is 1. The van der Waals surface area contributed by atoms with E-state index in [1.54, 1.807) is 11.9 Å². The highest BCUT2D eigenvalue weighted by molar-refractivity contribution is 5.78. The van der Waals surface area contributed by atoms with Crippen molar-refractivity contribution in [1.82, 2.24) is 15.1 Å². The summed E-state index contributed by atoms with van der Waals surface area (Å²) in [6, 6.07) is 11.6. The Bertz CT molecular complexity index is 685. The van der Waals surface area contributed by atoms with E-state index in [9.17, 15) is 9.90 Å². The summed E-state index contributed by atoms with van der Waals surface area (Å²) in [7, 11) is 1.79. The highest BCUT2D eigenvalue weighted by Crippen LogP contribution is 2.26. The van der Waals surface area contributed by atoms with Gasteiger partial charge in [-0.15, -0.1) is 0 Å². The third-order valence-corrected chi connectivity index (χ3v) is 4.70. The van der Waals surface area contributed by atoms with Crippen molar-refractivity contribution in [2.24, 2.45) is 11.7 Å². The Labute approximate surface area is 141 Å². The number of aliphatic hydroxyl groups excluding tert-OH is 1. The largest absolute Gasteiger partial charge is 0.392 e. The van der Waals surface area contributed by atoms with Gasteiger partial charge >= 0.3 is 0 Å². The fourth-order valence-corrected chi connectivity index (χ4v) is 3.26. The maximum atomic E-state index is 12.6. The lowest BCUT2D eigenvalue weighted by atomic mass is 9.83. The number of amides is 1. The van der Waals surface area contributed by atoms with E-state index in [-0.39, 0.29) is 17.9 Å².